The second kappa shape index (κ2) is 4.25. The fraction of sp³-hybridized carbons (Fsp3) is 0.636. The van der Waals surface area contributed by atoms with Crippen molar-refractivity contribution >= 4 is 11.5 Å². The lowest BCUT2D eigenvalue weighted by Gasteiger charge is -2.22. The molecule has 1 saturated heterocycles. The lowest BCUT2D eigenvalue weighted by atomic mass is 10.1. The maximum Gasteiger partial charge on any atom is 0.155 e. The number of nitrogen functional groups attached to an aromatic ring is 1. The Balaban J connectivity index is 2.17. The molecule has 1 aliphatic rings. The molecule has 88 valence electrons. The van der Waals surface area contributed by atoms with Crippen molar-refractivity contribution in [3.63, 3.8) is 0 Å². The van der Waals surface area contributed by atoms with Crippen LogP contribution in [0.15, 0.2) is 12.5 Å². The summed E-state index contributed by atoms with van der Waals surface area (Å²) in [5.74, 6) is 1.50. The molecule has 1 aliphatic heterocycles. The Morgan fingerprint density at radius 3 is 2.75 bits per heavy atom. The molecule has 2 atom stereocenters. The maximum atomic E-state index is 5.89. The van der Waals surface area contributed by atoms with Crippen molar-refractivity contribution in [2.24, 2.45) is 5.92 Å². The molecule has 2 rings (SSSR count). The summed E-state index contributed by atoms with van der Waals surface area (Å²) in [7, 11) is 4.24. The Hall–Kier alpha value is -1.36. The molecule has 0 bridgehead atoms. The first-order valence-electron chi connectivity index (χ1n) is 5.56. The van der Waals surface area contributed by atoms with Crippen molar-refractivity contribution in [2.75, 3.05) is 37.8 Å². The SMILES string of the molecule is CC1CN(c2ncncc2N)CC1N(C)C. The number of likely N-dealkylation sites (N-methyl/N-ethyl adjacent to an activating group) is 1. The molecule has 2 N–H and O–H groups in total. The fourth-order valence-electron chi connectivity index (χ4n) is 2.39. The summed E-state index contributed by atoms with van der Waals surface area (Å²) >= 11 is 0. The van der Waals surface area contributed by atoms with E-state index < -0.39 is 0 Å². The first kappa shape index (κ1) is 11.1. The monoisotopic (exact) mass is 221 g/mol. The predicted molar refractivity (Wildman–Crippen MR) is 65.3 cm³/mol. The summed E-state index contributed by atoms with van der Waals surface area (Å²) in [5, 5.41) is 0. The average molecular weight is 221 g/mol. The summed E-state index contributed by atoms with van der Waals surface area (Å²) in [5.41, 5.74) is 6.55. The quantitative estimate of drug-likeness (QED) is 0.785. The van der Waals surface area contributed by atoms with Crippen molar-refractivity contribution in [3.05, 3.63) is 12.5 Å². The van der Waals surface area contributed by atoms with E-state index in [0.29, 0.717) is 17.6 Å². The highest BCUT2D eigenvalue weighted by Gasteiger charge is 2.32. The number of hydrogen-bond donors (Lipinski definition) is 1. The topological polar surface area (TPSA) is 58.3 Å². The molecular weight excluding hydrogens is 202 g/mol. The lowest BCUT2D eigenvalue weighted by molar-refractivity contribution is 0.266. The molecule has 1 aromatic rings. The Bertz CT molecular complexity index is 365. The second-order valence-electron chi connectivity index (χ2n) is 4.71. The molecule has 2 heterocycles. The number of nitrogens with zero attached hydrogens (tertiary/aromatic N) is 4. The van der Waals surface area contributed by atoms with Crippen molar-refractivity contribution in [1.29, 1.82) is 0 Å². The molecule has 0 amide bonds. The van der Waals surface area contributed by atoms with E-state index >= 15 is 0 Å². The van der Waals surface area contributed by atoms with Gasteiger partial charge in [-0.3, -0.25) is 0 Å². The van der Waals surface area contributed by atoms with Crippen LogP contribution in [-0.2, 0) is 0 Å². The molecule has 0 aromatic carbocycles. The van der Waals surface area contributed by atoms with Gasteiger partial charge in [0.2, 0.25) is 0 Å². The normalized spacial score (nSPS) is 25.4. The third-order valence-electron chi connectivity index (χ3n) is 3.25. The highest BCUT2D eigenvalue weighted by Crippen LogP contribution is 2.27. The lowest BCUT2D eigenvalue weighted by Crippen LogP contribution is -2.34. The van der Waals surface area contributed by atoms with Gasteiger partial charge in [0, 0.05) is 19.1 Å². The Morgan fingerprint density at radius 2 is 2.19 bits per heavy atom. The summed E-state index contributed by atoms with van der Waals surface area (Å²) in [6.45, 7) is 4.25. The van der Waals surface area contributed by atoms with Gasteiger partial charge < -0.3 is 15.5 Å². The number of aromatic nitrogens is 2. The van der Waals surface area contributed by atoms with Gasteiger partial charge in [0.1, 0.15) is 6.33 Å². The molecule has 16 heavy (non-hydrogen) atoms. The number of anilines is 2. The van der Waals surface area contributed by atoms with Crippen LogP contribution in [0.3, 0.4) is 0 Å². The van der Waals surface area contributed by atoms with E-state index in [-0.39, 0.29) is 0 Å². The molecule has 0 spiro atoms. The van der Waals surface area contributed by atoms with Crippen LogP contribution < -0.4 is 10.6 Å². The van der Waals surface area contributed by atoms with Crippen LogP contribution >= 0.6 is 0 Å². The van der Waals surface area contributed by atoms with E-state index in [1.54, 1.807) is 12.5 Å². The Labute approximate surface area is 96.3 Å². The molecule has 5 heteroatoms. The van der Waals surface area contributed by atoms with Gasteiger partial charge >= 0.3 is 0 Å². The minimum atomic E-state index is 0.564. The van der Waals surface area contributed by atoms with Gasteiger partial charge in [-0.2, -0.15) is 0 Å². The molecule has 1 aromatic heterocycles. The average Bonchev–Trinajstić information content (AvgIpc) is 2.61. The van der Waals surface area contributed by atoms with Crippen molar-refractivity contribution < 1.29 is 0 Å². The predicted octanol–water partition coefficient (Wildman–Crippen LogP) is 0.445. The third kappa shape index (κ3) is 1.95. The molecule has 2 unspecified atom stereocenters. The van der Waals surface area contributed by atoms with Crippen LogP contribution in [0.4, 0.5) is 11.5 Å². The van der Waals surface area contributed by atoms with Crippen LogP contribution in [-0.4, -0.2) is 48.1 Å². The minimum Gasteiger partial charge on any atom is -0.394 e. The van der Waals surface area contributed by atoms with E-state index in [2.05, 4.69) is 40.8 Å². The first-order chi connectivity index (χ1) is 7.59. The molecular formula is C11H19N5. The van der Waals surface area contributed by atoms with Gasteiger partial charge in [0.05, 0.1) is 11.9 Å². The summed E-state index contributed by atoms with van der Waals surface area (Å²) in [6, 6.07) is 0.564. The van der Waals surface area contributed by atoms with Gasteiger partial charge in [-0.15, -0.1) is 0 Å². The zero-order chi connectivity index (χ0) is 11.7. The van der Waals surface area contributed by atoms with Crippen molar-refractivity contribution in [3.8, 4) is 0 Å². The maximum absolute atomic E-state index is 5.89. The van der Waals surface area contributed by atoms with Crippen LogP contribution in [0, 0.1) is 5.92 Å². The van der Waals surface area contributed by atoms with E-state index in [0.717, 1.165) is 18.9 Å². The first-order valence-corrected chi connectivity index (χ1v) is 5.56. The fourth-order valence-corrected chi connectivity index (χ4v) is 2.39. The smallest absolute Gasteiger partial charge is 0.155 e. The van der Waals surface area contributed by atoms with Gasteiger partial charge in [0.25, 0.3) is 0 Å². The zero-order valence-corrected chi connectivity index (χ0v) is 10.1. The van der Waals surface area contributed by atoms with E-state index in [4.69, 9.17) is 5.73 Å². The Morgan fingerprint density at radius 1 is 1.44 bits per heavy atom. The number of nitrogens with two attached hydrogens (primary N) is 1. The van der Waals surface area contributed by atoms with Crippen LogP contribution in [0.2, 0.25) is 0 Å². The van der Waals surface area contributed by atoms with Gasteiger partial charge in [-0.1, -0.05) is 6.92 Å². The molecule has 1 fully saturated rings. The largest absolute Gasteiger partial charge is 0.394 e. The highest BCUT2D eigenvalue weighted by molar-refractivity contribution is 5.61. The van der Waals surface area contributed by atoms with E-state index in [9.17, 15) is 0 Å². The molecule has 0 radical (unpaired) electrons. The zero-order valence-electron chi connectivity index (χ0n) is 10.1. The summed E-state index contributed by atoms with van der Waals surface area (Å²) in [6.07, 6.45) is 3.22. The van der Waals surface area contributed by atoms with Crippen molar-refractivity contribution in [2.45, 2.75) is 13.0 Å². The second-order valence-corrected chi connectivity index (χ2v) is 4.71. The van der Waals surface area contributed by atoms with Crippen LogP contribution in [0.5, 0.6) is 0 Å². The minimum absolute atomic E-state index is 0.564. The van der Waals surface area contributed by atoms with Crippen LogP contribution in [0.25, 0.3) is 0 Å². The Kier molecular flexibility index (Phi) is 2.96. The molecule has 0 saturated carbocycles. The molecule has 0 aliphatic carbocycles. The van der Waals surface area contributed by atoms with Gasteiger partial charge in [-0.25, -0.2) is 9.97 Å². The highest BCUT2D eigenvalue weighted by atomic mass is 15.3. The summed E-state index contributed by atoms with van der Waals surface area (Å²) in [4.78, 5) is 12.7. The van der Waals surface area contributed by atoms with Gasteiger partial charge in [-0.05, 0) is 20.0 Å². The summed E-state index contributed by atoms with van der Waals surface area (Å²) < 4.78 is 0. The van der Waals surface area contributed by atoms with Crippen molar-refractivity contribution in [1.82, 2.24) is 14.9 Å². The third-order valence-corrected chi connectivity index (χ3v) is 3.25. The van der Waals surface area contributed by atoms with Gasteiger partial charge in [0.15, 0.2) is 5.82 Å². The van der Waals surface area contributed by atoms with Crippen LogP contribution in [0.1, 0.15) is 6.92 Å². The number of hydrogen-bond acceptors (Lipinski definition) is 5. The van der Waals surface area contributed by atoms with E-state index in [1.807, 2.05) is 0 Å². The molecule has 5 nitrogen and oxygen atoms in total. The number of rotatable bonds is 2. The van der Waals surface area contributed by atoms with E-state index in [1.165, 1.54) is 0 Å². The standard InChI is InChI=1S/C11H19N5/c1-8-5-16(6-10(8)15(2)3)11-9(12)4-13-7-14-11/h4,7-8,10H,5-6,12H2,1-3H3.